The molecule has 1 heterocycles. The predicted octanol–water partition coefficient (Wildman–Crippen LogP) is 1.41. The first-order valence-corrected chi connectivity index (χ1v) is 6.23. The number of aromatic nitrogens is 2. The van der Waals surface area contributed by atoms with Gasteiger partial charge in [0.15, 0.2) is 0 Å². The van der Waals surface area contributed by atoms with Crippen molar-refractivity contribution in [2.45, 2.75) is 32.2 Å². The summed E-state index contributed by atoms with van der Waals surface area (Å²) in [6, 6.07) is 2.17. The number of rotatable bonds is 6. The van der Waals surface area contributed by atoms with Crippen LogP contribution in [0.4, 0.5) is 5.95 Å². The lowest BCUT2D eigenvalue weighted by molar-refractivity contribution is 0.279. The standard InChI is InChI=1S/C12H20N4O/c1-2-5-17-11-3-4-14-12(16-11)15-8-9-6-10(13)7-9/h3-4,9-10H,2,5-8,13H2,1H3,(H,14,15,16). The summed E-state index contributed by atoms with van der Waals surface area (Å²) < 4.78 is 5.45. The molecule has 5 nitrogen and oxygen atoms in total. The van der Waals surface area contributed by atoms with E-state index in [0.717, 1.165) is 25.8 Å². The Morgan fingerprint density at radius 2 is 2.35 bits per heavy atom. The zero-order valence-corrected chi connectivity index (χ0v) is 10.2. The minimum absolute atomic E-state index is 0.391. The van der Waals surface area contributed by atoms with Crippen molar-refractivity contribution in [1.82, 2.24) is 9.97 Å². The zero-order chi connectivity index (χ0) is 12.1. The van der Waals surface area contributed by atoms with Crippen molar-refractivity contribution in [2.75, 3.05) is 18.5 Å². The molecule has 3 N–H and O–H groups in total. The van der Waals surface area contributed by atoms with Crippen molar-refractivity contribution in [2.24, 2.45) is 11.7 Å². The fourth-order valence-corrected chi connectivity index (χ4v) is 1.90. The monoisotopic (exact) mass is 236 g/mol. The average Bonchev–Trinajstić information content (AvgIpc) is 2.31. The number of hydrogen-bond donors (Lipinski definition) is 2. The average molecular weight is 236 g/mol. The molecule has 0 spiro atoms. The van der Waals surface area contributed by atoms with E-state index in [9.17, 15) is 0 Å². The summed E-state index contributed by atoms with van der Waals surface area (Å²) in [5.74, 6) is 1.93. The number of nitrogens with one attached hydrogen (secondary N) is 1. The molecule has 5 heteroatoms. The molecule has 0 aliphatic heterocycles. The van der Waals surface area contributed by atoms with Crippen LogP contribution in [0, 0.1) is 5.92 Å². The van der Waals surface area contributed by atoms with Gasteiger partial charge in [-0.15, -0.1) is 0 Å². The van der Waals surface area contributed by atoms with Crippen LogP contribution in [0.2, 0.25) is 0 Å². The molecule has 1 aromatic rings. The highest BCUT2D eigenvalue weighted by molar-refractivity contribution is 5.27. The van der Waals surface area contributed by atoms with Gasteiger partial charge in [-0.3, -0.25) is 0 Å². The van der Waals surface area contributed by atoms with Gasteiger partial charge in [-0.2, -0.15) is 4.98 Å². The molecule has 1 fully saturated rings. The third-order valence-electron chi connectivity index (χ3n) is 2.91. The second-order valence-corrected chi connectivity index (χ2v) is 4.55. The van der Waals surface area contributed by atoms with Crippen LogP contribution < -0.4 is 15.8 Å². The van der Waals surface area contributed by atoms with Crippen molar-refractivity contribution >= 4 is 5.95 Å². The molecule has 1 saturated carbocycles. The van der Waals surface area contributed by atoms with E-state index in [0.29, 0.717) is 30.4 Å². The summed E-state index contributed by atoms with van der Waals surface area (Å²) in [4.78, 5) is 8.45. The van der Waals surface area contributed by atoms with Crippen molar-refractivity contribution in [3.8, 4) is 5.88 Å². The first-order chi connectivity index (χ1) is 8.28. The van der Waals surface area contributed by atoms with E-state index in [-0.39, 0.29) is 0 Å². The van der Waals surface area contributed by atoms with Crippen LogP contribution in [0.5, 0.6) is 5.88 Å². The molecule has 2 rings (SSSR count). The van der Waals surface area contributed by atoms with E-state index >= 15 is 0 Å². The topological polar surface area (TPSA) is 73.1 Å². The van der Waals surface area contributed by atoms with Crippen LogP contribution in [0.1, 0.15) is 26.2 Å². The largest absolute Gasteiger partial charge is 0.478 e. The Hall–Kier alpha value is -1.36. The maximum Gasteiger partial charge on any atom is 0.225 e. The van der Waals surface area contributed by atoms with Gasteiger partial charge in [-0.05, 0) is 25.2 Å². The van der Waals surface area contributed by atoms with E-state index < -0.39 is 0 Å². The molecular weight excluding hydrogens is 216 g/mol. The molecule has 0 bridgehead atoms. The van der Waals surface area contributed by atoms with E-state index in [4.69, 9.17) is 10.5 Å². The molecule has 0 atom stereocenters. The van der Waals surface area contributed by atoms with Crippen LogP contribution in [-0.2, 0) is 0 Å². The molecule has 1 aliphatic rings. The van der Waals surface area contributed by atoms with Crippen molar-refractivity contribution < 1.29 is 4.74 Å². The van der Waals surface area contributed by atoms with Crippen LogP contribution >= 0.6 is 0 Å². The predicted molar refractivity (Wildman–Crippen MR) is 67.0 cm³/mol. The van der Waals surface area contributed by atoms with E-state index in [2.05, 4.69) is 22.2 Å². The Morgan fingerprint density at radius 1 is 1.53 bits per heavy atom. The zero-order valence-electron chi connectivity index (χ0n) is 10.2. The summed E-state index contributed by atoms with van der Waals surface area (Å²) in [6.45, 7) is 3.65. The van der Waals surface area contributed by atoms with Gasteiger partial charge in [0, 0.05) is 24.8 Å². The normalized spacial score (nSPS) is 22.9. The molecule has 94 valence electrons. The highest BCUT2D eigenvalue weighted by atomic mass is 16.5. The van der Waals surface area contributed by atoms with Gasteiger partial charge in [0.2, 0.25) is 11.8 Å². The smallest absolute Gasteiger partial charge is 0.225 e. The van der Waals surface area contributed by atoms with Crippen molar-refractivity contribution in [1.29, 1.82) is 0 Å². The fourth-order valence-electron chi connectivity index (χ4n) is 1.90. The van der Waals surface area contributed by atoms with Crippen molar-refractivity contribution in [3.05, 3.63) is 12.3 Å². The number of nitrogens with zero attached hydrogens (tertiary/aromatic N) is 2. The summed E-state index contributed by atoms with van der Waals surface area (Å²) >= 11 is 0. The minimum atomic E-state index is 0.391. The van der Waals surface area contributed by atoms with Gasteiger partial charge >= 0.3 is 0 Å². The van der Waals surface area contributed by atoms with Gasteiger partial charge in [0.05, 0.1) is 6.61 Å². The highest BCUT2D eigenvalue weighted by Gasteiger charge is 2.25. The number of ether oxygens (including phenoxy) is 1. The lowest BCUT2D eigenvalue weighted by atomic mass is 9.81. The van der Waals surface area contributed by atoms with Gasteiger partial charge in [0.1, 0.15) is 0 Å². The summed E-state index contributed by atoms with van der Waals surface area (Å²) in [6.07, 6.45) is 4.89. The summed E-state index contributed by atoms with van der Waals surface area (Å²) in [7, 11) is 0. The van der Waals surface area contributed by atoms with Gasteiger partial charge in [-0.1, -0.05) is 6.92 Å². The summed E-state index contributed by atoms with van der Waals surface area (Å²) in [5.41, 5.74) is 5.74. The third-order valence-corrected chi connectivity index (χ3v) is 2.91. The lowest BCUT2D eigenvalue weighted by Gasteiger charge is -2.32. The first-order valence-electron chi connectivity index (χ1n) is 6.23. The Labute approximate surface area is 102 Å². The Kier molecular flexibility index (Phi) is 4.14. The molecule has 0 radical (unpaired) electrons. The number of nitrogens with two attached hydrogens (primary N) is 1. The van der Waals surface area contributed by atoms with Crippen LogP contribution in [0.25, 0.3) is 0 Å². The Bertz CT molecular complexity index is 352. The molecule has 1 aromatic heterocycles. The fraction of sp³-hybridized carbons (Fsp3) is 0.667. The molecule has 0 aromatic carbocycles. The quantitative estimate of drug-likeness (QED) is 0.781. The number of anilines is 1. The second kappa shape index (κ2) is 5.82. The second-order valence-electron chi connectivity index (χ2n) is 4.55. The van der Waals surface area contributed by atoms with Crippen LogP contribution in [0.15, 0.2) is 12.3 Å². The maximum absolute atomic E-state index is 5.74. The third kappa shape index (κ3) is 3.56. The van der Waals surface area contributed by atoms with Crippen LogP contribution in [-0.4, -0.2) is 29.2 Å². The van der Waals surface area contributed by atoms with Gasteiger partial charge in [0.25, 0.3) is 0 Å². The molecule has 0 amide bonds. The van der Waals surface area contributed by atoms with Crippen LogP contribution in [0.3, 0.4) is 0 Å². The first kappa shape index (κ1) is 12.1. The Morgan fingerprint density at radius 3 is 3.06 bits per heavy atom. The molecule has 0 unspecified atom stereocenters. The van der Waals surface area contributed by atoms with E-state index in [1.165, 1.54) is 0 Å². The molecule has 17 heavy (non-hydrogen) atoms. The van der Waals surface area contributed by atoms with Crippen molar-refractivity contribution in [3.63, 3.8) is 0 Å². The molecule has 1 aliphatic carbocycles. The molecule has 0 saturated heterocycles. The van der Waals surface area contributed by atoms with E-state index in [1.54, 1.807) is 12.3 Å². The van der Waals surface area contributed by atoms with Gasteiger partial charge < -0.3 is 15.8 Å². The summed E-state index contributed by atoms with van der Waals surface area (Å²) in [5, 5.41) is 3.23. The maximum atomic E-state index is 5.74. The van der Waals surface area contributed by atoms with E-state index in [1.807, 2.05) is 0 Å². The number of hydrogen-bond acceptors (Lipinski definition) is 5. The minimum Gasteiger partial charge on any atom is -0.478 e. The Balaban J connectivity index is 1.79. The van der Waals surface area contributed by atoms with Gasteiger partial charge in [-0.25, -0.2) is 4.98 Å². The lowest BCUT2D eigenvalue weighted by Crippen LogP contribution is -2.39. The highest BCUT2D eigenvalue weighted by Crippen LogP contribution is 2.25. The molecular formula is C12H20N4O. The SMILES string of the molecule is CCCOc1ccnc(NCC2CC(N)C2)n1.